The van der Waals surface area contributed by atoms with Gasteiger partial charge in [0.2, 0.25) is 11.4 Å². The van der Waals surface area contributed by atoms with Gasteiger partial charge in [-0.3, -0.25) is 9.36 Å². The topological polar surface area (TPSA) is 108 Å². The first-order chi connectivity index (χ1) is 58.1. The van der Waals surface area contributed by atoms with E-state index in [0.29, 0.717) is 14.9 Å². The van der Waals surface area contributed by atoms with Crippen molar-refractivity contribution in [3.8, 4) is 90.6 Å². The molecule has 0 aliphatic carbocycles. The molecule has 0 atom stereocenters. The van der Waals surface area contributed by atoms with Gasteiger partial charge in [0, 0.05) is 29.3 Å². The molecule has 0 radical (unpaired) electrons. The van der Waals surface area contributed by atoms with Crippen molar-refractivity contribution in [3.05, 3.63) is 432 Å². The minimum atomic E-state index is -1.11. The molecule has 0 saturated carbocycles. The van der Waals surface area contributed by atoms with Crippen LogP contribution in [0.3, 0.4) is 0 Å². The van der Waals surface area contributed by atoms with Crippen molar-refractivity contribution < 1.29 is 67.3 Å². The van der Waals surface area contributed by atoms with E-state index in [1.165, 1.54) is 45.5 Å². The van der Waals surface area contributed by atoms with Crippen LogP contribution in [-0.2, 0) is 0 Å². The Labute approximate surface area is 684 Å². The van der Waals surface area contributed by atoms with E-state index in [0.717, 1.165) is 139 Å². The molecule has 18 aromatic rings. The van der Waals surface area contributed by atoms with Crippen LogP contribution in [0.4, 0.5) is 43.9 Å². The molecule has 596 valence electrons. The molecule has 0 N–H and O–H groups in total. The molecule has 5 aromatic heterocycles. The number of nitrogens with zero attached hydrogens (tertiary/aromatic N) is 15. The Morgan fingerprint density at radius 1 is 0.258 bits per heavy atom. The molecule has 0 aliphatic rings. The van der Waals surface area contributed by atoms with Gasteiger partial charge in [-0.05, 0) is 131 Å². The zero-order valence-corrected chi connectivity index (χ0v) is 65.4. The molecule has 13 aromatic carbocycles. The fourth-order valence-corrected chi connectivity index (χ4v) is 13.4. The highest BCUT2D eigenvalue weighted by Crippen LogP contribution is 2.32. The van der Waals surface area contributed by atoms with Crippen LogP contribution in [0.1, 0.15) is 39.1 Å². The molecule has 25 heteroatoms. The summed E-state index contributed by atoms with van der Waals surface area (Å²) in [6.07, 6.45) is 16.7. The fourth-order valence-electron chi connectivity index (χ4n) is 13.4. The summed E-state index contributed by atoms with van der Waals surface area (Å²) < 4.78 is 157. The average molecular weight is 1610 g/mol. The Hall–Kier alpha value is -15.1. The smallest absolute Gasteiger partial charge is 0.224 e. The van der Waals surface area contributed by atoms with Gasteiger partial charge in [0.25, 0.3) is 0 Å². The molecule has 5 heterocycles. The molecule has 0 amide bonds. The zero-order chi connectivity index (χ0) is 84.3. The van der Waals surface area contributed by atoms with Crippen molar-refractivity contribution in [3.63, 3.8) is 0 Å². The number of aryl methyl sites for hydroxylation is 7. The second-order valence-electron chi connectivity index (χ2n) is 27.4. The highest BCUT2D eigenvalue weighted by molar-refractivity contribution is 5.64. The Morgan fingerprint density at radius 3 is 1.02 bits per heavy atom. The number of benzene rings is 13. The summed E-state index contributed by atoms with van der Waals surface area (Å²) in [5.74, 6) is -10.0. The standard InChI is InChI=1S/C21H25N3.C20H9F6N3.C20H11F4N3.C20H15N3.C14H11N3/c1-13-8-15(3)20(16(4)9-13)23-12-19(7)24(22-23)21-17(5)10-14(2)11-18(21)6;21-11-4-1-5-12(22)18(11)17-10-28(19-13(23)6-2-7-14(19)24)27-29(17)20-15(25)8-3-9-16(20)26;21-14-8-4-9-15(22)19(14)26-12-18(13-6-2-1-3-7-13)27(25-26)20-16(23)10-5-11-17(20)24;1-4-10-17(11-5-1)20-16-22(18-12-6-2-7-13-18)21-23(20)19-14-8-3-9-15-19;1-3-7-13(8-4-1)16-11-12-17(15-16)14-9-5-2-6-10-14/h8-11H,1-7H3;1-9H;1-11H;1-15H;1-11H. The number of halogens is 10. The van der Waals surface area contributed by atoms with Gasteiger partial charge in [-0.25, -0.2) is 57.9 Å². The summed E-state index contributed by atoms with van der Waals surface area (Å²) in [7, 11) is 0. The molecule has 120 heavy (non-hydrogen) atoms. The molecular weight excluding hydrogens is 1540 g/mol. The minimum Gasteiger partial charge on any atom is -0.263 e. The Balaban J connectivity index is 0.000000124. The first-order valence-corrected chi connectivity index (χ1v) is 37.4. The lowest BCUT2D eigenvalue weighted by molar-refractivity contribution is -0.668. The monoisotopic (exact) mass is 1610 g/mol. The van der Waals surface area contributed by atoms with Gasteiger partial charge in [0.15, 0.2) is 40.3 Å². The molecule has 0 bridgehead atoms. The Bertz CT molecular complexity index is 6310. The summed E-state index contributed by atoms with van der Waals surface area (Å²) >= 11 is 0. The lowest BCUT2D eigenvalue weighted by Crippen LogP contribution is -2.36. The number of para-hydroxylation sites is 8. The SMILES string of the molecule is Cc1cc(C)c(-n2n[n+](-c3c(C)cc(C)cc3C)[c-]c2C)c(C)c1.Fc1cccc(F)c1-c1[c-][n+](-c2c(F)cccc2F)nn1-c1c(F)cccc1F.Fc1cccc(F)c1-n1n[n+](-c2c(F)cccc2F)[c-]c1-c1ccccc1.[c-]1c(-c2ccccc2)n(-c2ccccc2)n[n+]1-c1ccccc1.[c-]1cn(-c2ccccc2)n[n+]1-c1ccccc1. The number of rotatable bonds is 13. The third-order valence-corrected chi connectivity index (χ3v) is 18.7. The highest BCUT2D eigenvalue weighted by Gasteiger charge is 2.29. The molecule has 15 nitrogen and oxygen atoms in total. The second kappa shape index (κ2) is 36.4. The third kappa shape index (κ3) is 17.9. The lowest BCUT2D eigenvalue weighted by Gasteiger charge is -2.14. The van der Waals surface area contributed by atoms with Crippen LogP contribution < -0.4 is 23.4 Å². The van der Waals surface area contributed by atoms with Crippen LogP contribution in [-0.4, -0.2) is 49.5 Å². The van der Waals surface area contributed by atoms with Gasteiger partial charge in [-0.15, -0.1) is 47.7 Å². The van der Waals surface area contributed by atoms with Gasteiger partial charge >= 0.3 is 0 Å². The summed E-state index contributed by atoms with van der Waals surface area (Å²) in [4.78, 5) is 0. The summed E-state index contributed by atoms with van der Waals surface area (Å²) in [6, 6.07) is 83.1. The lowest BCUT2D eigenvalue weighted by atomic mass is 10.1. The van der Waals surface area contributed by atoms with Gasteiger partial charge in [-0.1, -0.05) is 235 Å². The van der Waals surface area contributed by atoms with E-state index >= 15 is 0 Å². The van der Waals surface area contributed by atoms with Gasteiger partial charge < -0.3 is 0 Å². The average Bonchev–Trinajstić information content (AvgIpc) is 1.67. The third-order valence-electron chi connectivity index (χ3n) is 18.7. The largest absolute Gasteiger partial charge is 0.263 e. The minimum absolute atomic E-state index is 0.141. The fraction of sp³-hybridized carbons (Fsp3) is 0.0737. The van der Waals surface area contributed by atoms with Crippen LogP contribution in [0.15, 0.2) is 303 Å². The van der Waals surface area contributed by atoms with E-state index in [2.05, 4.69) is 131 Å². The molecule has 0 saturated heterocycles. The molecule has 0 unspecified atom stereocenters. The maximum Gasteiger partial charge on any atom is 0.224 e. The summed E-state index contributed by atoms with van der Waals surface area (Å²) in [6.45, 7) is 14.9. The number of hydrogen-bond donors (Lipinski definition) is 0. The summed E-state index contributed by atoms with van der Waals surface area (Å²) in [5, 5.41) is 21.7. The van der Waals surface area contributed by atoms with E-state index in [-0.39, 0.29) is 5.69 Å². The predicted molar refractivity (Wildman–Crippen MR) is 429 cm³/mol. The molecular formula is C95H71F10N15. The van der Waals surface area contributed by atoms with Crippen molar-refractivity contribution in [1.29, 1.82) is 0 Å². The van der Waals surface area contributed by atoms with E-state index < -0.39 is 92.2 Å². The maximum atomic E-state index is 14.4. The molecule has 0 fully saturated rings. The van der Waals surface area contributed by atoms with Crippen LogP contribution >= 0.6 is 0 Å². The zero-order valence-electron chi connectivity index (χ0n) is 65.4. The number of hydrogen-bond acceptors (Lipinski definition) is 5. The quantitative estimate of drug-likeness (QED) is 0.0649. The van der Waals surface area contributed by atoms with E-state index in [1.54, 1.807) is 44.4 Å². The van der Waals surface area contributed by atoms with Crippen molar-refractivity contribution in [2.24, 2.45) is 0 Å². The summed E-state index contributed by atoms with van der Waals surface area (Å²) in [5.41, 5.74) is 13.6. The van der Waals surface area contributed by atoms with Gasteiger partial charge in [0.05, 0.1) is 85.3 Å². The molecule has 18 rings (SSSR count). The van der Waals surface area contributed by atoms with Crippen LogP contribution in [0, 0.1) is 138 Å². The second-order valence-corrected chi connectivity index (χ2v) is 27.4. The first kappa shape index (κ1) is 81.4. The van der Waals surface area contributed by atoms with Gasteiger partial charge in [-0.2, -0.15) is 0 Å². The van der Waals surface area contributed by atoms with Crippen molar-refractivity contribution >= 4 is 0 Å². The highest BCUT2D eigenvalue weighted by atomic mass is 19.2. The van der Waals surface area contributed by atoms with Crippen LogP contribution in [0.5, 0.6) is 0 Å². The number of aromatic nitrogens is 15. The van der Waals surface area contributed by atoms with E-state index in [9.17, 15) is 43.9 Å². The van der Waals surface area contributed by atoms with Crippen LogP contribution in [0.2, 0.25) is 0 Å². The molecule has 0 aliphatic heterocycles. The Morgan fingerprint density at radius 2 is 0.583 bits per heavy atom. The molecule has 0 spiro atoms. The Kier molecular flexibility index (Phi) is 24.7. The van der Waals surface area contributed by atoms with Crippen molar-refractivity contribution in [1.82, 2.24) is 49.5 Å². The normalized spacial score (nSPS) is 10.9. The predicted octanol–water partition coefficient (Wildman–Crippen LogP) is 18.3. The maximum absolute atomic E-state index is 14.4. The van der Waals surface area contributed by atoms with Gasteiger partial charge in [0.1, 0.15) is 40.3 Å². The first-order valence-electron chi connectivity index (χ1n) is 37.4. The van der Waals surface area contributed by atoms with E-state index in [4.69, 9.17) is 10.4 Å². The van der Waals surface area contributed by atoms with Crippen LogP contribution in [0.25, 0.3) is 90.6 Å². The van der Waals surface area contributed by atoms with E-state index in [1.807, 2.05) is 160 Å². The van der Waals surface area contributed by atoms with Crippen molar-refractivity contribution in [2.45, 2.75) is 48.5 Å². The van der Waals surface area contributed by atoms with Crippen molar-refractivity contribution in [2.75, 3.05) is 0 Å².